The molecule has 0 unspecified atom stereocenters. The average molecular weight is 397 g/mol. The summed E-state index contributed by atoms with van der Waals surface area (Å²) in [5.41, 5.74) is 5.15. The van der Waals surface area contributed by atoms with Gasteiger partial charge in [0.15, 0.2) is 0 Å². The molecule has 0 aliphatic carbocycles. The molecule has 1 aromatic carbocycles. The second-order valence-corrected chi connectivity index (χ2v) is 8.03. The lowest BCUT2D eigenvalue weighted by molar-refractivity contribution is 0.579. The van der Waals surface area contributed by atoms with Crippen LogP contribution in [0, 0.1) is 18.6 Å². The maximum atomic E-state index is 13.6. The van der Waals surface area contributed by atoms with Gasteiger partial charge in [-0.3, -0.25) is 4.72 Å². The van der Waals surface area contributed by atoms with Crippen molar-refractivity contribution in [3.05, 3.63) is 44.1 Å². The van der Waals surface area contributed by atoms with Gasteiger partial charge in [0.05, 0.1) is 10.2 Å². The van der Waals surface area contributed by atoms with E-state index in [2.05, 4.69) is 20.7 Å². The van der Waals surface area contributed by atoms with Crippen LogP contribution in [0.4, 0.5) is 14.5 Å². The second kappa shape index (κ2) is 5.99. The van der Waals surface area contributed by atoms with Gasteiger partial charge in [-0.05, 0) is 35.0 Å². The van der Waals surface area contributed by atoms with Gasteiger partial charge in [0.2, 0.25) is 0 Å². The van der Waals surface area contributed by atoms with Gasteiger partial charge in [-0.25, -0.2) is 17.2 Å². The van der Waals surface area contributed by atoms with Crippen molar-refractivity contribution in [2.75, 3.05) is 4.72 Å². The lowest BCUT2D eigenvalue weighted by Crippen LogP contribution is -2.14. The normalized spacial score (nSPS) is 11.7. The smallest absolute Gasteiger partial charge is 0.263 e. The highest BCUT2D eigenvalue weighted by atomic mass is 79.9. The van der Waals surface area contributed by atoms with Gasteiger partial charge < -0.3 is 5.73 Å². The predicted molar refractivity (Wildman–Crippen MR) is 81.8 cm³/mol. The Balaban J connectivity index is 2.42. The van der Waals surface area contributed by atoms with Gasteiger partial charge in [-0.15, -0.1) is 11.3 Å². The molecule has 0 bridgehead atoms. The largest absolute Gasteiger partial charge is 0.326 e. The van der Waals surface area contributed by atoms with E-state index < -0.39 is 21.7 Å². The highest BCUT2D eigenvalue weighted by Crippen LogP contribution is 2.29. The van der Waals surface area contributed by atoms with Gasteiger partial charge in [0.25, 0.3) is 10.0 Å². The van der Waals surface area contributed by atoms with Crippen LogP contribution in [0.2, 0.25) is 0 Å². The summed E-state index contributed by atoms with van der Waals surface area (Å²) in [6.45, 7) is 1.85. The number of anilines is 1. The highest BCUT2D eigenvalue weighted by Gasteiger charge is 2.22. The molecule has 0 atom stereocenters. The molecular weight excluding hydrogens is 386 g/mol. The van der Waals surface area contributed by atoms with Crippen molar-refractivity contribution in [1.29, 1.82) is 0 Å². The molecule has 2 aromatic rings. The third-order valence-corrected chi connectivity index (χ3v) is 5.97. The fraction of sp³-hybridized carbons (Fsp3) is 0.167. The summed E-state index contributed by atoms with van der Waals surface area (Å²) < 4.78 is 53.4. The fourth-order valence-corrected chi connectivity index (χ4v) is 4.61. The maximum absolute atomic E-state index is 13.6. The molecule has 0 saturated carbocycles. The zero-order valence-electron chi connectivity index (χ0n) is 10.8. The molecule has 0 fully saturated rings. The van der Waals surface area contributed by atoms with E-state index >= 15 is 0 Å². The first kappa shape index (κ1) is 16.3. The van der Waals surface area contributed by atoms with Crippen molar-refractivity contribution in [3.63, 3.8) is 0 Å². The molecule has 4 nitrogen and oxygen atoms in total. The number of sulfonamides is 1. The van der Waals surface area contributed by atoms with Crippen LogP contribution in [0.25, 0.3) is 0 Å². The Hall–Kier alpha value is -1.03. The lowest BCUT2D eigenvalue weighted by atomic mass is 10.3. The van der Waals surface area contributed by atoms with Crippen molar-refractivity contribution >= 4 is 43.0 Å². The van der Waals surface area contributed by atoms with Crippen LogP contribution >= 0.6 is 27.3 Å². The number of nitrogens with two attached hydrogens (primary N) is 1. The van der Waals surface area contributed by atoms with Crippen molar-refractivity contribution in [3.8, 4) is 0 Å². The Labute approximate surface area is 133 Å². The van der Waals surface area contributed by atoms with Crippen LogP contribution in [-0.2, 0) is 16.6 Å². The van der Waals surface area contributed by atoms with Crippen LogP contribution in [0.15, 0.2) is 27.6 Å². The predicted octanol–water partition coefficient (Wildman–Crippen LogP) is 3.36. The van der Waals surface area contributed by atoms with Gasteiger partial charge >= 0.3 is 0 Å². The Morgan fingerprint density at radius 3 is 2.52 bits per heavy atom. The Kier molecular flexibility index (Phi) is 4.66. The first-order valence-corrected chi connectivity index (χ1v) is 8.80. The third-order valence-electron chi connectivity index (χ3n) is 2.67. The molecule has 0 aliphatic rings. The molecule has 21 heavy (non-hydrogen) atoms. The molecule has 0 amide bonds. The molecule has 0 spiro atoms. The molecule has 3 N–H and O–H groups in total. The van der Waals surface area contributed by atoms with E-state index in [-0.39, 0.29) is 21.6 Å². The summed E-state index contributed by atoms with van der Waals surface area (Å²) in [6.07, 6.45) is 0. The number of hydrogen-bond donors (Lipinski definition) is 2. The van der Waals surface area contributed by atoms with Gasteiger partial charge in [0, 0.05) is 22.4 Å². The van der Waals surface area contributed by atoms with Crippen LogP contribution in [0.3, 0.4) is 0 Å². The molecule has 114 valence electrons. The minimum atomic E-state index is -3.96. The minimum Gasteiger partial charge on any atom is -0.326 e. The number of nitrogens with one attached hydrogen (secondary N) is 1. The van der Waals surface area contributed by atoms with Crippen LogP contribution < -0.4 is 10.5 Å². The van der Waals surface area contributed by atoms with Gasteiger partial charge in [-0.2, -0.15) is 0 Å². The van der Waals surface area contributed by atoms with Crippen LogP contribution in [-0.4, -0.2) is 8.42 Å². The second-order valence-electron chi connectivity index (χ2n) is 4.19. The van der Waals surface area contributed by atoms with Crippen molar-refractivity contribution in [1.82, 2.24) is 0 Å². The zero-order chi connectivity index (χ0) is 15.8. The zero-order valence-corrected chi connectivity index (χ0v) is 14.0. The van der Waals surface area contributed by atoms with Crippen molar-refractivity contribution < 1.29 is 17.2 Å². The number of benzene rings is 1. The first-order valence-electron chi connectivity index (χ1n) is 5.71. The van der Waals surface area contributed by atoms with Crippen LogP contribution in [0.1, 0.15) is 9.75 Å². The average Bonchev–Trinajstić information content (AvgIpc) is 2.78. The van der Waals surface area contributed by atoms with Crippen molar-refractivity contribution in [2.24, 2.45) is 5.73 Å². The SMILES string of the molecule is Cc1sc(CN)cc1S(=O)(=O)Nc1cc(Br)c(F)cc1F. The van der Waals surface area contributed by atoms with E-state index in [1.54, 1.807) is 6.92 Å². The first-order chi connectivity index (χ1) is 9.74. The number of thiophene rings is 1. The summed E-state index contributed by atoms with van der Waals surface area (Å²) >= 11 is 4.14. The van der Waals surface area contributed by atoms with E-state index in [4.69, 9.17) is 5.73 Å². The summed E-state index contributed by atoms with van der Waals surface area (Å²) in [5, 5.41) is 0. The summed E-state index contributed by atoms with van der Waals surface area (Å²) in [5.74, 6) is -1.81. The maximum Gasteiger partial charge on any atom is 0.263 e. The Bertz CT molecular complexity index is 791. The molecule has 0 saturated heterocycles. The van der Waals surface area contributed by atoms with Crippen LogP contribution in [0.5, 0.6) is 0 Å². The molecule has 1 heterocycles. The number of hydrogen-bond acceptors (Lipinski definition) is 4. The summed E-state index contributed by atoms with van der Waals surface area (Å²) in [4.78, 5) is 1.28. The molecule has 0 aliphatic heterocycles. The molecule has 9 heteroatoms. The summed E-state index contributed by atoms with van der Waals surface area (Å²) in [7, 11) is -3.96. The number of halogens is 3. The molecular formula is C12H11BrF2N2O2S2. The van der Waals surface area contributed by atoms with Crippen molar-refractivity contribution in [2.45, 2.75) is 18.4 Å². The Morgan fingerprint density at radius 1 is 1.29 bits per heavy atom. The fourth-order valence-electron chi connectivity index (χ4n) is 1.69. The van der Waals surface area contributed by atoms with Gasteiger partial charge in [0.1, 0.15) is 16.5 Å². The number of rotatable bonds is 4. The van der Waals surface area contributed by atoms with Gasteiger partial charge in [-0.1, -0.05) is 0 Å². The molecule has 2 rings (SSSR count). The molecule has 1 aromatic heterocycles. The number of aryl methyl sites for hydroxylation is 1. The van der Waals surface area contributed by atoms with E-state index in [1.165, 1.54) is 17.4 Å². The standard InChI is InChI=1S/C12H11BrF2N2O2S2/c1-6-12(2-7(5-16)20-6)21(18,19)17-11-3-8(13)9(14)4-10(11)15/h2-4,17H,5,16H2,1H3. The van der Waals surface area contributed by atoms with E-state index in [0.717, 1.165) is 6.07 Å². The highest BCUT2D eigenvalue weighted by molar-refractivity contribution is 9.10. The minimum absolute atomic E-state index is 0.0350. The van der Waals surface area contributed by atoms with E-state index in [0.29, 0.717) is 15.8 Å². The third kappa shape index (κ3) is 3.42. The quantitative estimate of drug-likeness (QED) is 0.778. The summed E-state index contributed by atoms with van der Waals surface area (Å²) in [6, 6.07) is 3.08. The lowest BCUT2D eigenvalue weighted by Gasteiger charge is -2.09. The Morgan fingerprint density at radius 2 is 1.95 bits per heavy atom. The van der Waals surface area contributed by atoms with E-state index in [1.807, 2.05) is 0 Å². The monoisotopic (exact) mass is 396 g/mol. The topological polar surface area (TPSA) is 72.2 Å². The van der Waals surface area contributed by atoms with E-state index in [9.17, 15) is 17.2 Å². The molecule has 0 radical (unpaired) electrons.